The van der Waals surface area contributed by atoms with Crippen LogP contribution in [0, 0.1) is 0 Å². The first kappa shape index (κ1) is 27.4. The molecule has 1 saturated carbocycles. The third-order valence-corrected chi connectivity index (χ3v) is 7.25. The third kappa shape index (κ3) is 9.22. The molecular weight excluding hydrogens is 507 g/mol. The maximum Gasteiger partial charge on any atom is 0.191 e. The topological polar surface area (TPSA) is 65.5 Å². The van der Waals surface area contributed by atoms with Crippen molar-refractivity contribution in [1.82, 2.24) is 16.0 Å². The van der Waals surface area contributed by atoms with Gasteiger partial charge in [0.05, 0.1) is 6.54 Å². The van der Waals surface area contributed by atoms with E-state index in [-0.39, 0.29) is 35.6 Å². The van der Waals surface area contributed by atoms with Crippen LogP contribution in [0.2, 0.25) is 0 Å². The molecule has 0 saturated heterocycles. The highest BCUT2D eigenvalue weighted by Gasteiger charge is 2.26. The van der Waals surface area contributed by atoms with E-state index in [1.54, 1.807) is 0 Å². The van der Waals surface area contributed by atoms with Crippen LogP contribution in [0.5, 0.6) is 0 Å². The van der Waals surface area contributed by atoms with Gasteiger partial charge in [0, 0.05) is 46.0 Å². The molecule has 1 aromatic rings. The number of nitrogens with zero attached hydrogens (tertiary/aromatic N) is 1. The van der Waals surface area contributed by atoms with Crippen LogP contribution in [-0.2, 0) is 10.8 Å². The van der Waals surface area contributed by atoms with Crippen molar-refractivity contribution in [3.63, 3.8) is 0 Å². The fourth-order valence-corrected chi connectivity index (χ4v) is 5.35. The van der Waals surface area contributed by atoms with Crippen LogP contribution in [0.15, 0.2) is 35.3 Å². The highest BCUT2D eigenvalue weighted by Crippen LogP contribution is 2.23. The molecule has 4 atom stereocenters. The second-order valence-corrected chi connectivity index (χ2v) is 10.7. The number of guanidine groups is 1. The summed E-state index contributed by atoms with van der Waals surface area (Å²) in [5.74, 6) is 1.62. The molecule has 0 bridgehead atoms. The van der Waals surface area contributed by atoms with E-state index in [4.69, 9.17) is 4.99 Å². The zero-order valence-corrected chi connectivity index (χ0v) is 22.4. The van der Waals surface area contributed by atoms with Crippen molar-refractivity contribution >= 4 is 40.7 Å². The van der Waals surface area contributed by atoms with Gasteiger partial charge in [-0.1, -0.05) is 43.7 Å². The Balaban J connectivity index is 0.00000450. The summed E-state index contributed by atoms with van der Waals surface area (Å²) in [6.07, 6.45) is 4.31. The molecule has 0 heterocycles. The number of rotatable bonds is 9. The molecule has 4 unspecified atom stereocenters. The van der Waals surface area contributed by atoms with Crippen molar-refractivity contribution in [3.8, 4) is 0 Å². The summed E-state index contributed by atoms with van der Waals surface area (Å²) in [6.45, 7) is 12.2. The van der Waals surface area contributed by atoms with Gasteiger partial charge >= 0.3 is 0 Å². The van der Waals surface area contributed by atoms with Crippen molar-refractivity contribution < 1.29 is 4.21 Å². The molecule has 172 valence electrons. The standard InChI is InChI=1S/C23H40N4OS.HI/c1-6-24-22(26-20-14-11-15-21(16-20)29(28)7-2)25-17-23(4,5)27-18(3)19-12-9-8-10-13-19;/h8-10,12-13,18,20-21,27H,6-7,11,14-17H2,1-5H3,(H2,24,25,26);1H. The molecule has 1 aliphatic carbocycles. The lowest BCUT2D eigenvalue weighted by atomic mass is 9.95. The van der Waals surface area contributed by atoms with Gasteiger partial charge in [0.2, 0.25) is 0 Å². The summed E-state index contributed by atoms with van der Waals surface area (Å²) in [5.41, 5.74) is 1.16. The van der Waals surface area contributed by atoms with Gasteiger partial charge in [-0.05, 0) is 52.5 Å². The van der Waals surface area contributed by atoms with Crippen LogP contribution in [0.3, 0.4) is 0 Å². The lowest BCUT2D eigenvalue weighted by Crippen LogP contribution is -2.48. The van der Waals surface area contributed by atoms with Gasteiger partial charge in [0.25, 0.3) is 0 Å². The average Bonchev–Trinajstić information content (AvgIpc) is 2.72. The van der Waals surface area contributed by atoms with Gasteiger partial charge in [-0.3, -0.25) is 9.20 Å². The maximum absolute atomic E-state index is 12.2. The summed E-state index contributed by atoms with van der Waals surface area (Å²) >= 11 is 0. The van der Waals surface area contributed by atoms with Crippen molar-refractivity contribution in [3.05, 3.63) is 35.9 Å². The number of benzene rings is 1. The van der Waals surface area contributed by atoms with E-state index in [2.05, 4.69) is 67.9 Å². The van der Waals surface area contributed by atoms with Crippen LogP contribution in [0.25, 0.3) is 0 Å². The van der Waals surface area contributed by atoms with E-state index in [9.17, 15) is 4.21 Å². The van der Waals surface area contributed by atoms with Crippen molar-refractivity contribution in [2.75, 3.05) is 18.8 Å². The summed E-state index contributed by atoms with van der Waals surface area (Å²) in [6, 6.07) is 11.1. The molecule has 7 heteroatoms. The largest absolute Gasteiger partial charge is 0.357 e. The third-order valence-electron chi connectivity index (χ3n) is 5.51. The van der Waals surface area contributed by atoms with Crippen LogP contribution in [-0.4, -0.2) is 45.8 Å². The molecule has 0 radical (unpaired) electrons. The Morgan fingerprint density at radius 3 is 2.57 bits per heavy atom. The molecule has 0 aromatic heterocycles. The highest BCUT2D eigenvalue weighted by atomic mass is 127. The Morgan fingerprint density at radius 2 is 1.93 bits per heavy atom. The van der Waals surface area contributed by atoms with E-state index < -0.39 is 10.8 Å². The van der Waals surface area contributed by atoms with Crippen molar-refractivity contribution in [1.29, 1.82) is 0 Å². The van der Waals surface area contributed by atoms with E-state index >= 15 is 0 Å². The zero-order valence-electron chi connectivity index (χ0n) is 19.2. The molecule has 0 spiro atoms. The fourth-order valence-electron chi connectivity index (χ4n) is 4.00. The van der Waals surface area contributed by atoms with Gasteiger partial charge in [-0.2, -0.15) is 0 Å². The van der Waals surface area contributed by atoms with Crippen LogP contribution in [0.1, 0.15) is 71.9 Å². The first-order valence-electron chi connectivity index (χ1n) is 11.1. The van der Waals surface area contributed by atoms with E-state index in [0.29, 0.717) is 17.8 Å². The quantitative estimate of drug-likeness (QED) is 0.244. The van der Waals surface area contributed by atoms with Crippen molar-refractivity contribution in [2.24, 2.45) is 4.99 Å². The summed E-state index contributed by atoms with van der Waals surface area (Å²) in [5, 5.41) is 11.0. The van der Waals surface area contributed by atoms with E-state index in [1.807, 2.05) is 13.0 Å². The number of halogens is 1. The lowest BCUT2D eigenvalue weighted by Gasteiger charge is -2.31. The molecule has 1 aliphatic rings. The summed E-state index contributed by atoms with van der Waals surface area (Å²) < 4.78 is 12.2. The Labute approximate surface area is 203 Å². The first-order chi connectivity index (χ1) is 13.8. The average molecular weight is 549 g/mol. The minimum Gasteiger partial charge on any atom is -0.357 e. The molecule has 1 fully saturated rings. The second-order valence-electron chi connectivity index (χ2n) is 8.66. The molecule has 5 nitrogen and oxygen atoms in total. The minimum absolute atomic E-state index is 0. The van der Waals surface area contributed by atoms with Gasteiger partial charge in [0.1, 0.15) is 0 Å². The predicted octanol–water partition coefficient (Wildman–Crippen LogP) is 4.37. The molecular formula is C23H41IN4OS. The molecule has 1 aromatic carbocycles. The molecule has 0 amide bonds. The number of nitrogens with one attached hydrogen (secondary N) is 3. The first-order valence-corrected chi connectivity index (χ1v) is 12.5. The van der Waals surface area contributed by atoms with Crippen LogP contribution < -0.4 is 16.0 Å². The predicted molar refractivity (Wildman–Crippen MR) is 141 cm³/mol. The van der Waals surface area contributed by atoms with Crippen LogP contribution >= 0.6 is 24.0 Å². The lowest BCUT2D eigenvalue weighted by molar-refractivity contribution is 0.355. The SMILES string of the molecule is CCNC(=NCC(C)(C)NC(C)c1ccccc1)NC1CCCC(S(=O)CC)C1.I. The summed E-state index contributed by atoms with van der Waals surface area (Å²) in [7, 11) is -0.706. The van der Waals surface area contributed by atoms with E-state index in [1.165, 1.54) is 5.56 Å². The Morgan fingerprint density at radius 1 is 1.23 bits per heavy atom. The molecule has 2 rings (SSSR count). The second kappa shape index (κ2) is 13.7. The normalized spacial score (nSPS) is 22.0. The van der Waals surface area contributed by atoms with Gasteiger partial charge in [0.15, 0.2) is 5.96 Å². The smallest absolute Gasteiger partial charge is 0.191 e. The number of hydrogen-bond donors (Lipinski definition) is 3. The van der Waals surface area contributed by atoms with Gasteiger partial charge in [-0.25, -0.2) is 0 Å². The molecule has 3 N–H and O–H groups in total. The summed E-state index contributed by atoms with van der Waals surface area (Å²) in [4.78, 5) is 4.87. The zero-order chi connectivity index (χ0) is 21.3. The Hall–Kier alpha value is -0.670. The molecule has 30 heavy (non-hydrogen) atoms. The Kier molecular flexibility index (Phi) is 12.5. The molecule has 0 aliphatic heterocycles. The minimum atomic E-state index is -0.706. The number of aliphatic imine (C=N–C) groups is 1. The monoisotopic (exact) mass is 548 g/mol. The van der Waals surface area contributed by atoms with Gasteiger partial charge < -0.3 is 16.0 Å². The fraction of sp³-hybridized carbons (Fsp3) is 0.696. The Bertz CT molecular complexity index is 668. The highest BCUT2D eigenvalue weighted by molar-refractivity contribution is 14.0. The van der Waals surface area contributed by atoms with Crippen LogP contribution in [0.4, 0.5) is 0 Å². The maximum atomic E-state index is 12.2. The number of hydrogen-bond acceptors (Lipinski definition) is 3. The van der Waals surface area contributed by atoms with Crippen molar-refractivity contribution in [2.45, 2.75) is 83.2 Å². The van der Waals surface area contributed by atoms with Gasteiger partial charge in [-0.15, -0.1) is 24.0 Å². The van der Waals surface area contributed by atoms with E-state index in [0.717, 1.165) is 43.9 Å².